The fraction of sp³-hybridized carbons (Fsp3) is 0.625. The van der Waals surface area contributed by atoms with E-state index in [1.54, 1.807) is 11.1 Å². The largest absolute Gasteiger partial charge is 0.385 e. The Morgan fingerprint density at radius 3 is 2.67 bits per heavy atom. The zero-order chi connectivity index (χ0) is 13.0. The van der Waals surface area contributed by atoms with Crippen molar-refractivity contribution < 1.29 is 0 Å². The van der Waals surface area contributed by atoms with Gasteiger partial charge in [-0.2, -0.15) is 0 Å². The summed E-state index contributed by atoms with van der Waals surface area (Å²) in [6.07, 6.45) is 7.46. The number of unbranched alkanes of at least 4 members (excludes halogenated alkanes) is 2. The van der Waals surface area contributed by atoms with Crippen molar-refractivity contribution in [3.05, 3.63) is 28.3 Å². The van der Waals surface area contributed by atoms with Gasteiger partial charge in [0.25, 0.3) is 0 Å². The average molecular weight is 246 g/mol. The molecule has 0 spiro atoms. The van der Waals surface area contributed by atoms with Crippen molar-refractivity contribution in [3.8, 4) is 0 Å². The lowest BCUT2D eigenvalue weighted by Gasteiger charge is -2.15. The first-order valence-corrected chi connectivity index (χ1v) is 7.30. The highest BCUT2D eigenvalue weighted by molar-refractivity contribution is 5.60. The van der Waals surface area contributed by atoms with Crippen LogP contribution in [-0.2, 0) is 12.8 Å². The number of nitrogens with one attached hydrogen (secondary N) is 1. The maximum Gasteiger partial charge on any atom is 0.0375 e. The van der Waals surface area contributed by atoms with Crippen LogP contribution in [0.5, 0.6) is 0 Å². The highest BCUT2D eigenvalue weighted by Gasteiger charge is 2.17. The minimum atomic E-state index is 0.816. The Labute approximate surface area is 111 Å². The molecular weight excluding hydrogens is 220 g/mol. The fourth-order valence-electron chi connectivity index (χ4n) is 3.02. The first-order valence-electron chi connectivity index (χ1n) is 7.30. The molecule has 18 heavy (non-hydrogen) atoms. The van der Waals surface area contributed by atoms with E-state index < -0.39 is 0 Å². The van der Waals surface area contributed by atoms with Crippen molar-refractivity contribution in [3.63, 3.8) is 0 Å². The molecule has 0 amide bonds. The minimum absolute atomic E-state index is 0.816. The summed E-state index contributed by atoms with van der Waals surface area (Å²) in [6, 6.07) is 2.34. The molecule has 100 valence electrons. The summed E-state index contributed by atoms with van der Waals surface area (Å²) in [7, 11) is 0. The van der Waals surface area contributed by atoms with Crippen LogP contribution < -0.4 is 11.1 Å². The van der Waals surface area contributed by atoms with Gasteiger partial charge in [-0.3, -0.25) is 0 Å². The second-order valence-electron chi connectivity index (χ2n) is 5.45. The zero-order valence-electron chi connectivity index (χ0n) is 11.8. The number of fused-ring (bicyclic) bond motifs is 1. The molecule has 0 heterocycles. The van der Waals surface area contributed by atoms with E-state index in [0.29, 0.717) is 0 Å². The molecule has 0 bridgehead atoms. The van der Waals surface area contributed by atoms with Gasteiger partial charge in [-0.1, -0.05) is 6.42 Å². The summed E-state index contributed by atoms with van der Waals surface area (Å²) in [5.41, 5.74) is 13.0. The van der Waals surface area contributed by atoms with Crippen LogP contribution >= 0.6 is 0 Å². The number of hydrogen-bond acceptors (Lipinski definition) is 2. The Hall–Kier alpha value is -1.02. The van der Waals surface area contributed by atoms with Gasteiger partial charge in [0.1, 0.15) is 0 Å². The van der Waals surface area contributed by atoms with Gasteiger partial charge in [-0.05, 0) is 80.8 Å². The smallest absolute Gasteiger partial charge is 0.0375 e. The Morgan fingerprint density at radius 1 is 1.11 bits per heavy atom. The van der Waals surface area contributed by atoms with Gasteiger partial charge >= 0.3 is 0 Å². The van der Waals surface area contributed by atoms with Gasteiger partial charge in [-0.25, -0.2) is 0 Å². The summed E-state index contributed by atoms with van der Waals surface area (Å²) in [6.45, 7) is 6.41. The third-order valence-electron chi connectivity index (χ3n) is 4.11. The van der Waals surface area contributed by atoms with Crippen molar-refractivity contribution in [2.45, 2.75) is 52.4 Å². The molecule has 2 heteroatoms. The number of anilines is 1. The molecule has 2 nitrogen and oxygen atoms in total. The lowest BCUT2D eigenvalue weighted by molar-refractivity contribution is 0.707. The average Bonchev–Trinajstić information content (AvgIpc) is 2.84. The Balaban J connectivity index is 1.99. The van der Waals surface area contributed by atoms with Crippen LogP contribution in [0.3, 0.4) is 0 Å². The van der Waals surface area contributed by atoms with Crippen molar-refractivity contribution in [1.82, 2.24) is 0 Å². The van der Waals surface area contributed by atoms with Crippen LogP contribution in [0.15, 0.2) is 6.07 Å². The normalized spacial score (nSPS) is 13.7. The van der Waals surface area contributed by atoms with E-state index in [1.807, 2.05) is 0 Å². The number of benzene rings is 1. The molecule has 1 aliphatic rings. The molecule has 0 aromatic heterocycles. The molecule has 1 aromatic rings. The van der Waals surface area contributed by atoms with Gasteiger partial charge in [0.05, 0.1) is 0 Å². The van der Waals surface area contributed by atoms with Crippen molar-refractivity contribution in [2.24, 2.45) is 5.73 Å². The maximum absolute atomic E-state index is 5.51. The van der Waals surface area contributed by atoms with E-state index in [1.165, 1.54) is 48.9 Å². The van der Waals surface area contributed by atoms with Crippen LogP contribution in [0.1, 0.15) is 47.9 Å². The Bertz CT molecular complexity index is 410. The quantitative estimate of drug-likeness (QED) is 0.756. The van der Waals surface area contributed by atoms with E-state index in [-0.39, 0.29) is 0 Å². The number of nitrogens with two attached hydrogens (primary N) is 1. The molecule has 0 fully saturated rings. The topological polar surface area (TPSA) is 38.0 Å². The highest BCUT2D eigenvalue weighted by Crippen LogP contribution is 2.32. The van der Waals surface area contributed by atoms with Crippen molar-refractivity contribution >= 4 is 5.69 Å². The predicted molar refractivity (Wildman–Crippen MR) is 79.3 cm³/mol. The van der Waals surface area contributed by atoms with E-state index in [0.717, 1.165) is 19.5 Å². The van der Waals surface area contributed by atoms with Gasteiger partial charge in [-0.15, -0.1) is 0 Å². The highest BCUT2D eigenvalue weighted by atomic mass is 14.9. The Kier molecular flexibility index (Phi) is 4.65. The molecule has 3 N–H and O–H groups in total. The number of hydrogen-bond donors (Lipinski definition) is 2. The molecule has 0 unspecified atom stereocenters. The van der Waals surface area contributed by atoms with Gasteiger partial charge in [0.15, 0.2) is 0 Å². The first kappa shape index (κ1) is 13.4. The third kappa shape index (κ3) is 2.86. The van der Waals surface area contributed by atoms with Crippen molar-refractivity contribution in [2.75, 3.05) is 18.4 Å². The van der Waals surface area contributed by atoms with Gasteiger partial charge in [0.2, 0.25) is 0 Å². The molecule has 0 saturated carbocycles. The molecule has 2 rings (SSSR count). The van der Waals surface area contributed by atoms with Crippen LogP contribution in [0.4, 0.5) is 5.69 Å². The second kappa shape index (κ2) is 6.24. The molecular formula is C16H26N2. The summed E-state index contributed by atoms with van der Waals surface area (Å²) >= 11 is 0. The molecule has 1 aromatic carbocycles. The first-order chi connectivity index (χ1) is 8.74. The van der Waals surface area contributed by atoms with E-state index in [4.69, 9.17) is 5.73 Å². The summed E-state index contributed by atoms with van der Waals surface area (Å²) in [4.78, 5) is 0. The molecule has 0 radical (unpaired) electrons. The maximum atomic E-state index is 5.51. The monoisotopic (exact) mass is 246 g/mol. The van der Waals surface area contributed by atoms with Gasteiger partial charge < -0.3 is 11.1 Å². The van der Waals surface area contributed by atoms with Crippen LogP contribution in [-0.4, -0.2) is 13.1 Å². The summed E-state index contributed by atoms with van der Waals surface area (Å²) < 4.78 is 0. The van der Waals surface area contributed by atoms with Crippen LogP contribution in [0, 0.1) is 13.8 Å². The van der Waals surface area contributed by atoms with Gasteiger partial charge in [0, 0.05) is 12.2 Å². The van der Waals surface area contributed by atoms with E-state index in [9.17, 15) is 0 Å². The van der Waals surface area contributed by atoms with Crippen LogP contribution in [0.2, 0.25) is 0 Å². The SMILES string of the molecule is Cc1cc(NCCCCCN)c(C)c2c1CCC2. The molecule has 0 aliphatic heterocycles. The van der Waals surface area contributed by atoms with Crippen molar-refractivity contribution in [1.29, 1.82) is 0 Å². The second-order valence-corrected chi connectivity index (χ2v) is 5.45. The number of aryl methyl sites for hydroxylation is 1. The summed E-state index contributed by atoms with van der Waals surface area (Å²) in [5, 5.41) is 3.60. The summed E-state index contributed by atoms with van der Waals surface area (Å²) in [5.74, 6) is 0. The molecule has 0 saturated heterocycles. The standard InChI is InChI=1S/C16H26N2/c1-12-11-16(18-10-5-3-4-9-17)13(2)15-8-6-7-14(12)15/h11,18H,3-10,17H2,1-2H3. The lowest BCUT2D eigenvalue weighted by Crippen LogP contribution is -2.06. The fourth-order valence-corrected chi connectivity index (χ4v) is 3.02. The third-order valence-corrected chi connectivity index (χ3v) is 4.11. The minimum Gasteiger partial charge on any atom is -0.385 e. The molecule has 1 aliphatic carbocycles. The Morgan fingerprint density at radius 2 is 1.89 bits per heavy atom. The number of rotatable bonds is 6. The van der Waals surface area contributed by atoms with E-state index in [2.05, 4.69) is 25.2 Å². The van der Waals surface area contributed by atoms with E-state index >= 15 is 0 Å². The van der Waals surface area contributed by atoms with Crippen LogP contribution in [0.25, 0.3) is 0 Å². The lowest BCUT2D eigenvalue weighted by atomic mass is 9.98. The zero-order valence-corrected chi connectivity index (χ0v) is 11.8. The predicted octanol–water partition coefficient (Wildman–Crippen LogP) is 3.33. The molecule has 0 atom stereocenters.